The predicted octanol–water partition coefficient (Wildman–Crippen LogP) is 4.71. The van der Waals surface area contributed by atoms with Crippen molar-refractivity contribution in [3.05, 3.63) is 29.8 Å². The Balaban J connectivity index is 3.04. The molecule has 0 atom stereocenters. The van der Waals surface area contributed by atoms with E-state index in [4.69, 9.17) is 0 Å². The number of aliphatic imine (C=N–C) groups is 1. The molecule has 1 aromatic carbocycles. The molecule has 0 spiro atoms. The molecule has 0 aliphatic heterocycles. The van der Waals surface area contributed by atoms with E-state index in [0.29, 0.717) is 0 Å². The Kier molecular flexibility index (Phi) is 3.67. The molecule has 0 saturated heterocycles. The Morgan fingerprint density at radius 3 is 2.00 bits per heavy atom. The first-order valence-corrected chi connectivity index (χ1v) is 7.59. The van der Waals surface area contributed by atoms with Crippen LogP contribution in [0.1, 0.15) is 19.4 Å². The zero-order valence-corrected chi connectivity index (χ0v) is 12.3. The number of halogens is 5. The van der Waals surface area contributed by atoms with Crippen LogP contribution >= 0.6 is 10.2 Å². The van der Waals surface area contributed by atoms with E-state index in [-0.39, 0.29) is 17.7 Å². The lowest BCUT2D eigenvalue weighted by Gasteiger charge is -2.40. The van der Waals surface area contributed by atoms with Gasteiger partial charge in [-0.25, -0.2) is 4.79 Å². The van der Waals surface area contributed by atoms with E-state index in [0.717, 1.165) is 18.3 Å². The Hall–Kier alpha value is -1.64. The SMILES string of the molecule is COC(=O)C(C)(C)/N=C/c1ccc(S(F)(F)(F)(F)F)cc1. The molecule has 0 saturated carbocycles. The number of benzene rings is 1. The number of hydrogen-bond donors (Lipinski definition) is 0. The van der Waals surface area contributed by atoms with Crippen LogP contribution < -0.4 is 0 Å². The van der Waals surface area contributed by atoms with Crippen molar-refractivity contribution >= 4 is 22.4 Å². The molecule has 0 aliphatic rings. The molecule has 0 aromatic heterocycles. The van der Waals surface area contributed by atoms with E-state index < -0.39 is 26.6 Å². The fourth-order valence-electron chi connectivity index (χ4n) is 1.35. The molecule has 0 bridgehead atoms. The van der Waals surface area contributed by atoms with E-state index in [1.165, 1.54) is 21.0 Å². The molecular formula is C12H14F5NO2S. The van der Waals surface area contributed by atoms with E-state index >= 15 is 0 Å². The van der Waals surface area contributed by atoms with Crippen molar-refractivity contribution < 1.29 is 29.0 Å². The summed E-state index contributed by atoms with van der Waals surface area (Å²) in [5, 5.41) is 0. The summed E-state index contributed by atoms with van der Waals surface area (Å²) < 4.78 is 67.1. The molecule has 0 heterocycles. The van der Waals surface area contributed by atoms with Crippen molar-refractivity contribution in [3.63, 3.8) is 0 Å². The van der Waals surface area contributed by atoms with Crippen molar-refractivity contribution in [1.82, 2.24) is 0 Å². The summed E-state index contributed by atoms with van der Waals surface area (Å²) in [5.74, 6) is -0.637. The average Bonchev–Trinajstić information content (AvgIpc) is 2.33. The lowest BCUT2D eigenvalue weighted by Crippen LogP contribution is -2.30. The van der Waals surface area contributed by atoms with Crippen molar-refractivity contribution in [2.24, 2.45) is 4.99 Å². The van der Waals surface area contributed by atoms with Crippen LogP contribution in [0.15, 0.2) is 34.2 Å². The van der Waals surface area contributed by atoms with E-state index in [1.807, 2.05) is 0 Å². The largest absolute Gasteiger partial charge is 0.467 e. The van der Waals surface area contributed by atoms with Crippen molar-refractivity contribution in [2.45, 2.75) is 24.3 Å². The first-order chi connectivity index (χ1) is 9.15. The van der Waals surface area contributed by atoms with E-state index in [1.54, 1.807) is 0 Å². The van der Waals surface area contributed by atoms with Gasteiger partial charge in [0, 0.05) is 6.21 Å². The van der Waals surface area contributed by atoms with Crippen LogP contribution in [0.4, 0.5) is 19.4 Å². The smallest absolute Gasteiger partial charge is 0.333 e. The van der Waals surface area contributed by atoms with E-state index in [2.05, 4.69) is 9.73 Å². The number of carbonyl (C=O) groups is 1. The fourth-order valence-corrected chi connectivity index (χ4v) is 2.00. The molecule has 9 heteroatoms. The summed E-state index contributed by atoms with van der Waals surface area (Å²) in [4.78, 5) is 13.2. The van der Waals surface area contributed by atoms with E-state index in [9.17, 15) is 24.2 Å². The number of carbonyl (C=O) groups excluding carboxylic acids is 1. The minimum atomic E-state index is -9.66. The van der Waals surface area contributed by atoms with Crippen molar-refractivity contribution in [3.8, 4) is 0 Å². The van der Waals surface area contributed by atoms with Gasteiger partial charge in [0.05, 0.1) is 7.11 Å². The molecule has 21 heavy (non-hydrogen) atoms. The van der Waals surface area contributed by atoms with Crippen molar-refractivity contribution in [2.75, 3.05) is 7.11 Å². The van der Waals surface area contributed by atoms with Crippen LogP contribution in [0.2, 0.25) is 0 Å². The molecule has 0 fully saturated rings. The second-order valence-corrected chi connectivity index (χ2v) is 7.26. The minimum Gasteiger partial charge on any atom is -0.467 e. The van der Waals surface area contributed by atoms with Crippen LogP contribution in [0.25, 0.3) is 0 Å². The maximum absolute atomic E-state index is 12.5. The van der Waals surface area contributed by atoms with Crippen LogP contribution in [-0.2, 0) is 9.53 Å². The summed E-state index contributed by atoms with van der Waals surface area (Å²) in [7, 11) is -8.49. The molecular weight excluding hydrogens is 317 g/mol. The average molecular weight is 331 g/mol. The monoisotopic (exact) mass is 331 g/mol. The van der Waals surface area contributed by atoms with Gasteiger partial charge in [0.25, 0.3) is 0 Å². The number of hydrogen-bond acceptors (Lipinski definition) is 3. The maximum Gasteiger partial charge on any atom is 0.333 e. The van der Waals surface area contributed by atoms with Crippen LogP contribution in [0.3, 0.4) is 0 Å². The van der Waals surface area contributed by atoms with Gasteiger partial charge in [0.2, 0.25) is 0 Å². The topological polar surface area (TPSA) is 38.7 Å². The Morgan fingerprint density at radius 2 is 1.62 bits per heavy atom. The Morgan fingerprint density at radius 1 is 1.14 bits per heavy atom. The highest BCUT2D eigenvalue weighted by Gasteiger charge is 2.65. The number of rotatable bonds is 4. The number of nitrogens with zero attached hydrogens (tertiary/aromatic N) is 1. The molecule has 0 aliphatic carbocycles. The quantitative estimate of drug-likeness (QED) is 0.455. The molecule has 0 radical (unpaired) electrons. The predicted molar refractivity (Wildman–Crippen MR) is 71.5 cm³/mol. The highest BCUT2D eigenvalue weighted by molar-refractivity contribution is 8.45. The third kappa shape index (κ3) is 4.69. The highest BCUT2D eigenvalue weighted by atomic mass is 32.5. The van der Waals surface area contributed by atoms with Gasteiger partial charge in [-0.3, -0.25) is 4.99 Å². The number of ether oxygens (including phenoxy) is 1. The summed E-state index contributed by atoms with van der Waals surface area (Å²) >= 11 is 0. The fraction of sp³-hybridized carbons (Fsp3) is 0.333. The van der Waals surface area contributed by atoms with Gasteiger partial charge >= 0.3 is 16.2 Å². The van der Waals surface area contributed by atoms with Gasteiger partial charge in [-0.05, 0) is 31.5 Å². The molecule has 1 aromatic rings. The van der Waals surface area contributed by atoms with Gasteiger partial charge in [0.1, 0.15) is 4.90 Å². The summed E-state index contributed by atoms with van der Waals surface area (Å²) in [6.45, 7) is 2.89. The first-order valence-electron chi connectivity index (χ1n) is 5.63. The Bertz CT molecular complexity index is 578. The summed E-state index contributed by atoms with van der Waals surface area (Å²) in [6.07, 6.45) is 1.12. The third-order valence-corrected chi connectivity index (χ3v) is 3.71. The van der Waals surface area contributed by atoms with Gasteiger partial charge in [0.15, 0.2) is 5.54 Å². The maximum atomic E-state index is 12.5. The molecule has 1 rings (SSSR count). The molecule has 0 N–H and O–H groups in total. The van der Waals surface area contributed by atoms with Gasteiger partial charge in [-0.15, -0.1) is 0 Å². The number of esters is 1. The lowest BCUT2D eigenvalue weighted by molar-refractivity contribution is -0.145. The normalized spacial score (nSPS) is 16.4. The zero-order chi connectivity index (χ0) is 16.6. The minimum absolute atomic E-state index is 0.151. The van der Waals surface area contributed by atoms with Gasteiger partial charge in [-0.2, -0.15) is 0 Å². The van der Waals surface area contributed by atoms with Crippen LogP contribution in [0.5, 0.6) is 0 Å². The van der Waals surface area contributed by atoms with Gasteiger partial charge < -0.3 is 4.74 Å². The highest BCUT2D eigenvalue weighted by Crippen LogP contribution is 3.02. The standard InChI is InChI=1S/C12H14F5NO2S/c1-12(2,11(19)20-3)18-8-9-4-6-10(7-5-9)21(13,14,15,16)17/h4-8H,1-3H3/b18-8+. The van der Waals surface area contributed by atoms with Crippen LogP contribution in [-0.4, -0.2) is 24.8 Å². The van der Waals surface area contributed by atoms with Crippen molar-refractivity contribution in [1.29, 1.82) is 0 Å². The molecule has 0 amide bonds. The molecule has 120 valence electrons. The summed E-state index contributed by atoms with van der Waals surface area (Å²) in [6, 6.07) is 2.27. The third-order valence-electron chi connectivity index (χ3n) is 2.55. The first kappa shape index (κ1) is 17.4. The van der Waals surface area contributed by atoms with Crippen LogP contribution in [0, 0.1) is 0 Å². The molecule has 3 nitrogen and oxygen atoms in total. The summed E-state index contributed by atoms with van der Waals surface area (Å²) in [5.41, 5.74) is -1.08. The van der Waals surface area contributed by atoms with Gasteiger partial charge in [-0.1, -0.05) is 31.6 Å². The lowest BCUT2D eigenvalue weighted by atomic mass is 10.1. The molecule has 0 unspecified atom stereocenters. The second-order valence-electron chi connectivity index (χ2n) is 4.85. The number of methoxy groups -OCH3 is 1. The second kappa shape index (κ2) is 4.43. The zero-order valence-electron chi connectivity index (χ0n) is 11.4. The Labute approximate surface area is 118 Å².